The monoisotopic (exact) mass is 276 g/mol. The summed E-state index contributed by atoms with van der Waals surface area (Å²) in [7, 11) is 0. The molecule has 1 unspecified atom stereocenters. The van der Waals surface area contributed by atoms with Crippen LogP contribution in [0.3, 0.4) is 0 Å². The summed E-state index contributed by atoms with van der Waals surface area (Å²) in [6, 6.07) is 7.74. The summed E-state index contributed by atoms with van der Waals surface area (Å²) in [5.41, 5.74) is 6.86. The second-order valence-electron chi connectivity index (χ2n) is 6.09. The van der Waals surface area contributed by atoms with E-state index in [1.54, 1.807) is 0 Å². The lowest BCUT2D eigenvalue weighted by Gasteiger charge is -2.29. The van der Waals surface area contributed by atoms with Gasteiger partial charge < -0.3 is 11.1 Å². The van der Waals surface area contributed by atoms with E-state index in [-0.39, 0.29) is 11.9 Å². The molecule has 0 spiro atoms. The first-order valence-electron chi connectivity index (χ1n) is 7.49. The van der Waals surface area contributed by atoms with Crippen LogP contribution in [-0.2, 0) is 10.2 Å². The number of carbonyl (C=O) groups is 1. The number of hydrogen-bond acceptors (Lipinski definition) is 2. The fourth-order valence-corrected chi connectivity index (χ4v) is 2.53. The number of rotatable bonds is 6. The molecule has 0 radical (unpaired) electrons. The molecule has 0 heterocycles. The van der Waals surface area contributed by atoms with Crippen LogP contribution in [0.2, 0.25) is 0 Å². The molecular formula is C17H28N2O. The van der Waals surface area contributed by atoms with Crippen molar-refractivity contribution in [2.24, 2.45) is 5.92 Å². The fraction of sp³-hybridized carbons (Fsp3) is 0.588. The first-order chi connectivity index (χ1) is 9.32. The van der Waals surface area contributed by atoms with Crippen molar-refractivity contribution >= 4 is 11.6 Å². The predicted molar refractivity (Wildman–Crippen MR) is 85.6 cm³/mol. The van der Waals surface area contributed by atoms with Crippen molar-refractivity contribution in [3.05, 3.63) is 29.8 Å². The van der Waals surface area contributed by atoms with Gasteiger partial charge in [0, 0.05) is 11.7 Å². The molecule has 1 aromatic rings. The molecular weight excluding hydrogens is 248 g/mol. The number of nitrogens with one attached hydrogen (secondary N) is 1. The Bertz CT molecular complexity index is 433. The average molecular weight is 276 g/mol. The van der Waals surface area contributed by atoms with Crippen LogP contribution >= 0.6 is 0 Å². The minimum atomic E-state index is -0.548. The molecule has 1 rings (SSSR count). The zero-order valence-corrected chi connectivity index (χ0v) is 13.4. The summed E-state index contributed by atoms with van der Waals surface area (Å²) < 4.78 is 0. The van der Waals surface area contributed by atoms with Crippen molar-refractivity contribution in [2.45, 2.75) is 58.9 Å². The molecule has 112 valence electrons. The highest BCUT2D eigenvalue weighted by Crippen LogP contribution is 2.25. The molecule has 3 heteroatoms. The third-order valence-corrected chi connectivity index (χ3v) is 4.31. The average Bonchev–Trinajstić information content (AvgIpc) is 2.40. The van der Waals surface area contributed by atoms with E-state index in [1.807, 2.05) is 38.1 Å². The number of amides is 1. The van der Waals surface area contributed by atoms with Gasteiger partial charge in [0.15, 0.2) is 0 Å². The number of hydrogen-bond donors (Lipinski definition) is 2. The first-order valence-corrected chi connectivity index (χ1v) is 7.49. The van der Waals surface area contributed by atoms with Gasteiger partial charge in [-0.1, -0.05) is 38.8 Å². The largest absolute Gasteiger partial charge is 0.399 e. The lowest BCUT2D eigenvalue weighted by atomic mass is 9.83. The smallest absolute Gasteiger partial charge is 0.230 e. The van der Waals surface area contributed by atoms with Crippen LogP contribution in [0.25, 0.3) is 0 Å². The van der Waals surface area contributed by atoms with Gasteiger partial charge in [0.2, 0.25) is 5.91 Å². The van der Waals surface area contributed by atoms with Gasteiger partial charge in [0.25, 0.3) is 0 Å². The van der Waals surface area contributed by atoms with Gasteiger partial charge in [0.1, 0.15) is 0 Å². The molecule has 0 aliphatic heterocycles. The van der Waals surface area contributed by atoms with E-state index in [2.05, 4.69) is 26.1 Å². The summed E-state index contributed by atoms with van der Waals surface area (Å²) in [6.07, 6.45) is 2.17. The summed E-state index contributed by atoms with van der Waals surface area (Å²) in [4.78, 5) is 12.6. The van der Waals surface area contributed by atoms with Crippen LogP contribution in [0.1, 0.15) is 53.0 Å². The highest BCUT2D eigenvalue weighted by atomic mass is 16.2. The first kappa shape index (κ1) is 16.5. The van der Waals surface area contributed by atoms with Gasteiger partial charge >= 0.3 is 0 Å². The lowest BCUT2D eigenvalue weighted by molar-refractivity contribution is -0.126. The minimum Gasteiger partial charge on any atom is -0.399 e. The molecule has 1 aromatic carbocycles. The van der Waals surface area contributed by atoms with Gasteiger partial charge in [-0.05, 0) is 44.4 Å². The van der Waals surface area contributed by atoms with Gasteiger partial charge in [0.05, 0.1) is 5.41 Å². The summed E-state index contributed by atoms with van der Waals surface area (Å²) in [5, 5.41) is 3.17. The molecule has 0 aliphatic rings. The molecule has 0 aromatic heterocycles. The zero-order chi connectivity index (χ0) is 15.3. The number of anilines is 1. The predicted octanol–water partition coefficient (Wildman–Crippen LogP) is 3.49. The third-order valence-electron chi connectivity index (χ3n) is 4.31. The molecule has 0 bridgehead atoms. The van der Waals surface area contributed by atoms with Crippen molar-refractivity contribution in [3.8, 4) is 0 Å². The van der Waals surface area contributed by atoms with Crippen molar-refractivity contribution in [1.29, 1.82) is 0 Å². The molecule has 0 saturated carbocycles. The maximum atomic E-state index is 12.6. The van der Waals surface area contributed by atoms with Gasteiger partial charge in [-0.2, -0.15) is 0 Å². The van der Waals surface area contributed by atoms with Crippen LogP contribution in [0.4, 0.5) is 5.69 Å². The highest BCUT2D eigenvalue weighted by molar-refractivity contribution is 5.87. The quantitative estimate of drug-likeness (QED) is 0.781. The number of benzene rings is 1. The minimum absolute atomic E-state index is 0.0710. The second kappa shape index (κ2) is 6.78. The standard InChI is InChI=1S/C17H28N2O/c1-6-13(7-2)12(3)19-16(20)17(4,5)14-8-10-15(18)11-9-14/h8-13H,6-7,18H2,1-5H3,(H,19,20). The summed E-state index contributed by atoms with van der Waals surface area (Å²) in [6.45, 7) is 10.3. The Morgan fingerprint density at radius 1 is 1.20 bits per heavy atom. The van der Waals surface area contributed by atoms with Crippen molar-refractivity contribution < 1.29 is 4.79 Å². The summed E-state index contributed by atoms with van der Waals surface area (Å²) >= 11 is 0. The molecule has 0 fully saturated rings. The number of carbonyl (C=O) groups excluding carboxylic acids is 1. The van der Waals surface area contributed by atoms with E-state index in [1.165, 1.54) is 0 Å². The summed E-state index contributed by atoms with van der Waals surface area (Å²) in [5.74, 6) is 0.600. The molecule has 3 nitrogen and oxygen atoms in total. The Morgan fingerprint density at radius 3 is 2.15 bits per heavy atom. The van der Waals surface area contributed by atoms with Crippen LogP contribution in [0.15, 0.2) is 24.3 Å². The van der Waals surface area contributed by atoms with E-state index in [0.29, 0.717) is 5.92 Å². The van der Waals surface area contributed by atoms with Crippen LogP contribution in [0.5, 0.6) is 0 Å². The topological polar surface area (TPSA) is 55.1 Å². The molecule has 3 N–H and O–H groups in total. The van der Waals surface area contributed by atoms with Crippen molar-refractivity contribution in [2.75, 3.05) is 5.73 Å². The second-order valence-corrected chi connectivity index (χ2v) is 6.09. The molecule has 20 heavy (non-hydrogen) atoms. The van der Waals surface area contributed by atoms with Crippen molar-refractivity contribution in [3.63, 3.8) is 0 Å². The highest BCUT2D eigenvalue weighted by Gasteiger charge is 2.31. The maximum Gasteiger partial charge on any atom is 0.230 e. The van der Waals surface area contributed by atoms with E-state index >= 15 is 0 Å². The van der Waals surface area contributed by atoms with Gasteiger partial charge in [-0.3, -0.25) is 4.79 Å². The number of nitrogen functional groups attached to an aromatic ring is 1. The third kappa shape index (κ3) is 3.75. The number of nitrogens with two attached hydrogens (primary N) is 1. The molecule has 0 aliphatic carbocycles. The van der Waals surface area contributed by atoms with E-state index in [4.69, 9.17) is 5.73 Å². The van der Waals surface area contributed by atoms with E-state index < -0.39 is 5.41 Å². The Morgan fingerprint density at radius 2 is 1.70 bits per heavy atom. The Hall–Kier alpha value is -1.51. The van der Waals surface area contributed by atoms with E-state index in [9.17, 15) is 4.79 Å². The maximum absolute atomic E-state index is 12.6. The van der Waals surface area contributed by atoms with Crippen LogP contribution in [0, 0.1) is 5.92 Å². The Labute approximate surface area is 122 Å². The lowest BCUT2D eigenvalue weighted by Crippen LogP contribution is -2.46. The van der Waals surface area contributed by atoms with Gasteiger partial charge in [-0.25, -0.2) is 0 Å². The fourth-order valence-electron chi connectivity index (χ4n) is 2.53. The molecule has 0 saturated heterocycles. The zero-order valence-electron chi connectivity index (χ0n) is 13.4. The van der Waals surface area contributed by atoms with Crippen LogP contribution < -0.4 is 11.1 Å². The Balaban J connectivity index is 2.81. The normalized spacial score (nSPS) is 13.3. The molecule has 1 atom stereocenters. The van der Waals surface area contributed by atoms with Crippen molar-refractivity contribution in [1.82, 2.24) is 5.32 Å². The van der Waals surface area contributed by atoms with Gasteiger partial charge in [-0.15, -0.1) is 0 Å². The van der Waals surface area contributed by atoms with E-state index in [0.717, 1.165) is 24.1 Å². The van der Waals surface area contributed by atoms with Crippen LogP contribution in [-0.4, -0.2) is 11.9 Å². The Kier molecular flexibility index (Phi) is 5.61. The molecule has 1 amide bonds. The SMILES string of the molecule is CCC(CC)C(C)NC(=O)C(C)(C)c1ccc(N)cc1.